The average Bonchev–Trinajstić information content (AvgIpc) is 2.03. The van der Waals surface area contributed by atoms with Crippen molar-refractivity contribution in [2.24, 2.45) is 4.99 Å². The van der Waals surface area contributed by atoms with Crippen LogP contribution < -0.4 is 0 Å². The number of nitrogens with zero attached hydrogens (tertiary/aromatic N) is 1. The molecule has 0 aromatic carbocycles. The molecular formula is C8H15NO. The second-order valence-electron chi connectivity index (χ2n) is 2.78. The molecule has 0 spiro atoms. The third-order valence-corrected chi connectivity index (χ3v) is 1.95. The summed E-state index contributed by atoms with van der Waals surface area (Å²) in [6.07, 6.45) is 6.93. The molecule has 0 radical (unpaired) electrons. The van der Waals surface area contributed by atoms with E-state index in [2.05, 4.69) is 11.7 Å². The molecule has 2 nitrogen and oxygen atoms in total. The van der Waals surface area contributed by atoms with Crippen LogP contribution in [0.3, 0.4) is 0 Å². The molecule has 0 unspecified atom stereocenters. The number of hydrogen-bond acceptors (Lipinski definition) is 2. The molecule has 1 fully saturated rings. The molecule has 0 amide bonds. The molecule has 10 heavy (non-hydrogen) atoms. The zero-order valence-corrected chi connectivity index (χ0v) is 6.38. The summed E-state index contributed by atoms with van der Waals surface area (Å²) in [5.74, 6) is 0. The highest BCUT2D eigenvalue weighted by molar-refractivity contribution is 5.22. The van der Waals surface area contributed by atoms with Crippen molar-refractivity contribution in [3.63, 3.8) is 0 Å². The van der Waals surface area contributed by atoms with E-state index < -0.39 is 0 Å². The highest BCUT2D eigenvalue weighted by Gasteiger charge is 2.12. The summed E-state index contributed by atoms with van der Waals surface area (Å²) in [6, 6.07) is 0. The van der Waals surface area contributed by atoms with Crippen LogP contribution >= 0.6 is 0 Å². The first-order chi connectivity index (χ1) is 4.93. The molecule has 1 aliphatic rings. The molecule has 0 aliphatic heterocycles. The third-order valence-electron chi connectivity index (χ3n) is 1.95. The molecule has 58 valence electrons. The van der Waals surface area contributed by atoms with Gasteiger partial charge in [0.25, 0.3) is 0 Å². The van der Waals surface area contributed by atoms with E-state index in [1.165, 1.54) is 32.1 Å². The summed E-state index contributed by atoms with van der Waals surface area (Å²) in [4.78, 5) is 3.66. The Morgan fingerprint density at radius 1 is 1.30 bits per heavy atom. The summed E-state index contributed by atoms with van der Waals surface area (Å²) >= 11 is 0. The van der Waals surface area contributed by atoms with Crippen LogP contribution in [0.1, 0.15) is 32.1 Å². The fourth-order valence-electron chi connectivity index (χ4n) is 1.39. The van der Waals surface area contributed by atoms with Crippen molar-refractivity contribution in [3.8, 4) is 0 Å². The molecule has 0 N–H and O–H groups in total. The fourth-order valence-corrected chi connectivity index (χ4v) is 1.39. The van der Waals surface area contributed by atoms with Crippen LogP contribution in [0.15, 0.2) is 4.99 Å². The zero-order chi connectivity index (χ0) is 7.23. The Bertz CT molecular complexity index is 97.4. The maximum Gasteiger partial charge on any atom is 0.137 e. The summed E-state index contributed by atoms with van der Waals surface area (Å²) in [5.41, 5.74) is 0. The van der Waals surface area contributed by atoms with Crippen LogP contribution in [0, 0.1) is 0 Å². The maximum atomic E-state index is 5.40. The Kier molecular flexibility index (Phi) is 3.44. The molecular weight excluding hydrogens is 126 g/mol. The molecule has 0 aromatic heterocycles. The summed E-state index contributed by atoms with van der Waals surface area (Å²) in [7, 11) is 0. The largest absolute Gasteiger partial charge is 0.356 e. The van der Waals surface area contributed by atoms with Gasteiger partial charge in [-0.1, -0.05) is 19.3 Å². The van der Waals surface area contributed by atoms with Gasteiger partial charge in [-0.3, -0.25) is 4.99 Å². The highest BCUT2D eigenvalue weighted by atomic mass is 16.5. The lowest BCUT2D eigenvalue weighted by atomic mass is 9.98. The quantitative estimate of drug-likeness (QED) is 0.551. The van der Waals surface area contributed by atoms with Crippen LogP contribution in [0.25, 0.3) is 0 Å². The van der Waals surface area contributed by atoms with Crippen molar-refractivity contribution in [2.75, 3.05) is 6.73 Å². The van der Waals surface area contributed by atoms with Gasteiger partial charge in [0.05, 0.1) is 6.10 Å². The lowest BCUT2D eigenvalue weighted by molar-refractivity contribution is 0.0338. The zero-order valence-electron chi connectivity index (χ0n) is 6.38. The molecule has 2 heteroatoms. The van der Waals surface area contributed by atoms with E-state index in [0.717, 1.165) is 0 Å². The van der Waals surface area contributed by atoms with Gasteiger partial charge in [0.2, 0.25) is 0 Å². The lowest BCUT2D eigenvalue weighted by Gasteiger charge is -2.20. The van der Waals surface area contributed by atoms with E-state index in [0.29, 0.717) is 12.8 Å². The molecule has 0 saturated heterocycles. The van der Waals surface area contributed by atoms with E-state index in [1.807, 2.05) is 0 Å². The summed E-state index contributed by atoms with van der Waals surface area (Å²) in [5, 5.41) is 0. The van der Waals surface area contributed by atoms with Crippen molar-refractivity contribution < 1.29 is 4.74 Å². The fraction of sp³-hybridized carbons (Fsp3) is 0.875. The molecule has 0 aromatic rings. The van der Waals surface area contributed by atoms with Gasteiger partial charge in [-0.2, -0.15) is 0 Å². The van der Waals surface area contributed by atoms with Crippen molar-refractivity contribution >= 4 is 6.72 Å². The van der Waals surface area contributed by atoms with Gasteiger partial charge in [-0.05, 0) is 19.6 Å². The number of hydrogen-bond donors (Lipinski definition) is 0. The predicted octanol–water partition coefficient (Wildman–Crippen LogP) is 1.99. The van der Waals surface area contributed by atoms with E-state index in [4.69, 9.17) is 4.74 Å². The predicted molar refractivity (Wildman–Crippen MR) is 42.4 cm³/mol. The number of ether oxygens (including phenoxy) is 1. The van der Waals surface area contributed by atoms with Gasteiger partial charge in [0.1, 0.15) is 6.73 Å². The third kappa shape index (κ3) is 2.48. The van der Waals surface area contributed by atoms with Crippen molar-refractivity contribution in [2.45, 2.75) is 38.2 Å². The van der Waals surface area contributed by atoms with Gasteiger partial charge in [-0.25, -0.2) is 0 Å². The lowest BCUT2D eigenvalue weighted by Crippen LogP contribution is -2.16. The van der Waals surface area contributed by atoms with Gasteiger partial charge in [0, 0.05) is 0 Å². The minimum absolute atomic E-state index is 0.472. The van der Waals surface area contributed by atoms with Crippen LogP contribution in [-0.4, -0.2) is 19.6 Å². The van der Waals surface area contributed by atoms with Crippen LogP contribution in [-0.2, 0) is 4.74 Å². The highest BCUT2D eigenvalue weighted by Crippen LogP contribution is 2.19. The minimum atomic E-state index is 0.472. The van der Waals surface area contributed by atoms with Crippen molar-refractivity contribution in [3.05, 3.63) is 0 Å². The van der Waals surface area contributed by atoms with E-state index in [1.54, 1.807) is 0 Å². The van der Waals surface area contributed by atoms with E-state index in [-0.39, 0.29) is 0 Å². The first-order valence-corrected chi connectivity index (χ1v) is 3.97. The molecule has 0 atom stereocenters. The Balaban J connectivity index is 2.07. The molecule has 1 aliphatic carbocycles. The number of aliphatic imine (C=N–C) groups is 1. The Morgan fingerprint density at radius 2 is 2.00 bits per heavy atom. The van der Waals surface area contributed by atoms with Gasteiger partial charge >= 0.3 is 0 Å². The second-order valence-corrected chi connectivity index (χ2v) is 2.78. The summed E-state index contributed by atoms with van der Waals surface area (Å²) < 4.78 is 5.40. The normalized spacial score (nSPS) is 20.8. The van der Waals surface area contributed by atoms with Crippen LogP contribution in [0.5, 0.6) is 0 Å². The van der Waals surface area contributed by atoms with Crippen LogP contribution in [0.2, 0.25) is 0 Å². The first kappa shape index (κ1) is 7.73. The second kappa shape index (κ2) is 4.45. The topological polar surface area (TPSA) is 21.6 Å². The Labute approximate surface area is 62.3 Å². The molecule has 0 heterocycles. The average molecular weight is 141 g/mol. The summed E-state index contributed by atoms with van der Waals surface area (Å²) in [6.45, 7) is 3.85. The maximum absolute atomic E-state index is 5.40. The van der Waals surface area contributed by atoms with Crippen LogP contribution in [0.4, 0.5) is 0 Å². The standard InChI is InChI=1S/C8H15NO/c1-9-7-10-8-5-3-2-4-6-8/h8H,1-7H2. The van der Waals surface area contributed by atoms with Gasteiger partial charge < -0.3 is 4.74 Å². The van der Waals surface area contributed by atoms with Gasteiger partial charge in [0.15, 0.2) is 0 Å². The Hall–Kier alpha value is -0.370. The van der Waals surface area contributed by atoms with Crippen molar-refractivity contribution in [1.29, 1.82) is 0 Å². The smallest absolute Gasteiger partial charge is 0.137 e. The van der Waals surface area contributed by atoms with E-state index >= 15 is 0 Å². The SMILES string of the molecule is C=NCOC1CCCCC1. The molecule has 1 rings (SSSR count). The first-order valence-electron chi connectivity index (χ1n) is 3.97. The minimum Gasteiger partial charge on any atom is -0.356 e. The van der Waals surface area contributed by atoms with E-state index in [9.17, 15) is 0 Å². The Morgan fingerprint density at radius 3 is 2.60 bits per heavy atom. The molecule has 1 saturated carbocycles. The monoisotopic (exact) mass is 141 g/mol. The molecule has 0 bridgehead atoms. The number of rotatable bonds is 3. The van der Waals surface area contributed by atoms with Gasteiger partial charge in [-0.15, -0.1) is 0 Å². The van der Waals surface area contributed by atoms with Crippen molar-refractivity contribution in [1.82, 2.24) is 0 Å².